The van der Waals surface area contributed by atoms with E-state index < -0.39 is 49.6 Å². The molecule has 49 heavy (non-hydrogen) atoms. The highest BCUT2D eigenvalue weighted by atomic mass is 31.2. The molecule has 1 aromatic heterocycles. The normalized spacial score (nSPS) is 20.0. The summed E-state index contributed by atoms with van der Waals surface area (Å²) >= 11 is 0. The molecule has 1 N–H and O–H groups in total. The van der Waals surface area contributed by atoms with Crippen LogP contribution in [-0.4, -0.2) is 87.1 Å². The first-order valence-corrected chi connectivity index (χ1v) is 16.9. The molecule has 4 rings (SSSR count). The van der Waals surface area contributed by atoms with Crippen molar-refractivity contribution in [2.45, 2.75) is 44.5 Å². The molecular weight excluding hydrogens is 667 g/mol. The fourth-order valence-electron chi connectivity index (χ4n) is 4.71. The molecule has 2 aromatic carbocycles. The highest BCUT2D eigenvalue weighted by Crippen LogP contribution is 2.53. The van der Waals surface area contributed by atoms with Gasteiger partial charge in [0.1, 0.15) is 18.5 Å². The lowest BCUT2D eigenvalue weighted by atomic mass is 10.1. The number of phosphoric ester groups is 1. The summed E-state index contributed by atoms with van der Waals surface area (Å²) in [5, 5.41) is 0. The molecule has 1 aliphatic heterocycles. The number of H-pyrrole nitrogens is 1. The number of aromatic amines is 1. The number of benzene rings is 2. The Kier molecular flexibility index (Phi) is 14.7. The molecule has 17 heteroatoms. The van der Waals surface area contributed by atoms with Gasteiger partial charge in [-0.1, -0.05) is 37.3 Å². The zero-order valence-corrected chi connectivity index (χ0v) is 27.9. The Bertz CT molecular complexity index is 1630. The molecule has 3 unspecified atom stereocenters. The largest absolute Gasteiger partial charge is 0.530 e. The molecule has 1 saturated heterocycles. The standard InChI is InChI=1S/C32H39N2O14P/c1-3-26-28(29(46-31(37)24-7-5-4-6-8-24)30(45-26)34-14-13-27(36)33-32(34)38)48-49(39,44-20-19-42-18-17-41-16-15-40-2)47-25-11-9-23(10-12-25)21-43-22-35/h4-14,22,26,28-30H,3,15-21H2,1-2H3,(H,33,36,38)/t26-,28?,29?,30-,49?/m1/s1. The Morgan fingerprint density at radius 3 is 2.29 bits per heavy atom. The molecule has 3 aromatic rings. The van der Waals surface area contributed by atoms with Gasteiger partial charge in [0.2, 0.25) is 0 Å². The minimum absolute atomic E-state index is 0.00743. The number of rotatable bonds is 21. The van der Waals surface area contributed by atoms with Crippen molar-refractivity contribution >= 4 is 20.3 Å². The van der Waals surface area contributed by atoms with Crippen LogP contribution in [0.4, 0.5) is 0 Å². The average molecular weight is 707 g/mol. The van der Waals surface area contributed by atoms with E-state index in [0.29, 0.717) is 31.9 Å². The maximum Gasteiger partial charge on any atom is 0.530 e. The Labute approximate surface area is 281 Å². The number of hydrogen-bond donors (Lipinski definition) is 1. The molecule has 0 spiro atoms. The molecule has 16 nitrogen and oxygen atoms in total. The lowest BCUT2D eigenvalue weighted by Crippen LogP contribution is -2.41. The van der Waals surface area contributed by atoms with Crippen LogP contribution in [-0.2, 0) is 53.4 Å². The zero-order valence-electron chi connectivity index (χ0n) is 27.0. The summed E-state index contributed by atoms with van der Waals surface area (Å²) in [6.07, 6.45) is -3.38. The number of carbonyl (C=O) groups is 2. The van der Waals surface area contributed by atoms with Gasteiger partial charge < -0.3 is 32.9 Å². The summed E-state index contributed by atoms with van der Waals surface area (Å²) < 4.78 is 65.6. The summed E-state index contributed by atoms with van der Waals surface area (Å²) in [4.78, 5) is 50.7. The minimum atomic E-state index is -4.57. The predicted octanol–water partition coefficient (Wildman–Crippen LogP) is 3.01. The van der Waals surface area contributed by atoms with Gasteiger partial charge in [0, 0.05) is 19.4 Å². The average Bonchev–Trinajstić information content (AvgIpc) is 3.43. The van der Waals surface area contributed by atoms with E-state index in [-0.39, 0.29) is 44.2 Å². The summed E-state index contributed by atoms with van der Waals surface area (Å²) in [5.74, 6) is -0.684. The molecule has 5 atom stereocenters. The Balaban J connectivity index is 1.60. The van der Waals surface area contributed by atoms with E-state index >= 15 is 0 Å². The SMILES string of the molecule is CC[C@H]1O[C@@H](n2ccc(=O)[nH]c2=O)C(OC(=O)c2ccccc2)C1OP(=O)(OCCOCCOCCOC)Oc1ccc(COC=O)cc1. The predicted molar refractivity (Wildman–Crippen MR) is 171 cm³/mol. The van der Waals surface area contributed by atoms with Crippen LogP contribution in [0.5, 0.6) is 5.75 Å². The van der Waals surface area contributed by atoms with Crippen LogP contribution in [0.25, 0.3) is 0 Å². The second-order valence-corrected chi connectivity index (χ2v) is 12.0. The maximum atomic E-state index is 14.4. The molecular formula is C32H39N2O14P. The fourth-order valence-corrected chi connectivity index (χ4v) is 6.10. The lowest BCUT2D eigenvalue weighted by Gasteiger charge is -2.28. The van der Waals surface area contributed by atoms with Crippen LogP contribution in [0.1, 0.15) is 35.5 Å². The van der Waals surface area contributed by atoms with Gasteiger partial charge in [-0.2, -0.15) is 0 Å². The maximum absolute atomic E-state index is 14.4. The van der Waals surface area contributed by atoms with E-state index in [0.717, 1.165) is 10.6 Å². The quantitative estimate of drug-likeness (QED) is 0.0736. The van der Waals surface area contributed by atoms with Crippen molar-refractivity contribution in [3.63, 3.8) is 0 Å². The number of aromatic nitrogens is 2. The summed E-state index contributed by atoms with van der Waals surface area (Å²) in [7, 11) is -3.00. The third-order valence-electron chi connectivity index (χ3n) is 7.06. The molecule has 0 bridgehead atoms. The van der Waals surface area contributed by atoms with E-state index in [2.05, 4.69) is 4.98 Å². The topological polar surface area (TPSA) is 189 Å². The number of hydrogen-bond acceptors (Lipinski definition) is 14. The third-order valence-corrected chi connectivity index (χ3v) is 8.49. The number of carbonyl (C=O) groups excluding carboxylic acids is 2. The molecule has 0 radical (unpaired) electrons. The van der Waals surface area contributed by atoms with Crippen LogP contribution in [0.2, 0.25) is 0 Å². The number of nitrogens with zero attached hydrogens (tertiary/aromatic N) is 1. The van der Waals surface area contributed by atoms with E-state index in [4.69, 9.17) is 42.0 Å². The molecule has 0 aliphatic carbocycles. The molecule has 266 valence electrons. The number of ether oxygens (including phenoxy) is 6. The van der Waals surface area contributed by atoms with E-state index in [1.165, 1.54) is 30.5 Å². The van der Waals surface area contributed by atoms with Gasteiger partial charge >= 0.3 is 19.5 Å². The van der Waals surface area contributed by atoms with Gasteiger partial charge in [0.25, 0.3) is 12.0 Å². The Morgan fingerprint density at radius 1 is 0.939 bits per heavy atom. The Morgan fingerprint density at radius 2 is 1.63 bits per heavy atom. The van der Waals surface area contributed by atoms with E-state index in [9.17, 15) is 23.7 Å². The summed E-state index contributed by atoms with van der Waals surface area (Å²) in [6, 6.07) is 15.3. The summed E-state index contributed by atoms with van der Waals surface area (Å²) in [6.45, 7) is 3.21. The second-order valence-electron chi connectivity index (χ2n) is 10.4. The Hall–Kier alpha value is -4.15. The van der Waals surface area contributed by atoms with Crippen molar-refractivity contribution < 1.29 is 56.1 Å². The first-order chi connectivity index (χ1) is 23.8. The fraction of sp³-hybridized carbons (Fsp3) is 0.438. The van der Waals surface area contributed by atoms with Crippen molar-refractivity contribution in [3.8, 4) is 5.75 Å². The minimum Gasteiger partial charge on any atom is -0.463 e. The first kappa shape index (κ1) is 37.7. The van der Waals surface area contributed by atoms with E-state index in [1.54, 1.807) is 44.4 Å². The van der Waals surface area contributed by atoms with Gasteiger partial charge in [0.05, 0.1) is 51.3 Å². The van der Waals surface area contributed by atoms with Gasteiger partial charge in [0.15, 0.2) is 12.3 Å². The number of nitrogens with one attached hydrogen (secondary N) is 1. The van der Waals surface area contributed by atoms with Crippen LogP contribution in [0.15, 0.2) is 76.4 Å². The second kappa shape index (κ2) is 19.1. The van der Waals surface area contributed by atoms with Crippen molar-refractivity contribution in [2.24, 2.45) is 0 Å². The highest BCUT2D eigenvalue weighted by Gasteiger charge is 2.52. The van der Waals surface area contributed by atoms with Crippen molar-refractivity contribution in [1.29, 1.82) is 0 Å². The smallest absolute Gasteiger partial charge is 0.463 e. The molecule has 1 aliphatic rings. The number of esters is 1. The summed E-state index contributed by atoms with van der Waals surface area (Å²) in [5.41, 5.74) is -0.636. The lowest BCUT2D eigenvalue weighted by molar-refractivity contribution is -0.129. The molecule has 2 heterocycles. The monoisotopic (exact) mass is 706 g/mol. The van der Waals surface area contributed by atoms with Gasteiger partial charge in [-0.05, 0) is 36.2 Å². The molecule has 1 fully saturated rings. The van der Waals surface area contributed by atoms with Crippen LogP contribution >= 0.6 is 7.82 Å². The van der Waals surface area contributed by atoms with Gasteiger partial charge in [-0.25, -0.2) is 14.2 Å². The van der Waals surface area contributed by atoms with Crippen molar-refractivity contribution in [1.82, 2.24) is 9.55 Å². The highest BCUT2D eigenvalue weighted by molar-refractivity contribution is 7.49. The molecule has 0 saturated carbocycles. The van der Waals surface area contributed by atoms with Crippen LogP contribution in [0.3, 0.4) is 0 Å². The number of methoxy groups -OCH3 is 1. The number of phosphoric acid groups is 1. The van der Waals surface area contributed by atoms with Crippen molar-refractivity contribution in [3.05, 3.63) is 98.8 Å². The zero-order chi connectivity index (χ0) is 35.1. The van der Waals surface area contributed by atoms with Gasteiger partial charge in [-0.3, -0.25) is 28.2 Å². The molecule has 0 amide bonds. The van der Waals surface area contributed by atoms with E-state index in [1.807, 2.05) is 0 Å². The van der Waals surface area contributed by atoms with Crippen LogP contribution in [0, 0.1) is 0 Å². The van der Waals surface area contributed by atoms with Crippen molar-refractivity contribution in [2.75, 3.05) is 46.8 Å². The van der Waals surface area contributed by atoms with Gasteiger partial charge in [-0.15, -0.1) is 0 Å². The third kappa shape index (κ3) is 11.2. The van der Waals surface area contributed by atoms with Crippen LogP contribution < -0.4 is 15.8 Å². The first-order valence-electron chi connectivity index (χ1n) is 15.4.